The first-order chi connectivity index (χ1) is 9.44. The molecule has 6 nitrogen and oxygen atoms in total. The highest BCUT2D eigenvalue weighted by atomic mass is 35.5. The normalized spacial score (nSPS) is 11.2. The summed E-state index contributed by atoms with van der Waals surface area (Å²) in [5.74, 6) is 4.59. The first-order valence-corrected chi connectivity index (χ1v) is 7.19. The molecule has 0 radical (unpaired) electrons. The van der Waals surface area contributed by atoms with Crippen LogP contribution in [0.1, 0.15) is 0 Å². The molecule has 2 rings (SSSR count). The Hall–Kier alpha value is -1.90. The van der Waals surface area contributed by atoms with Gasteiger partial charge in [-0.3, -0.25) is 10.6 Å². The molecule has 0 unspecified atom stereocenters. The van der Waals surface area contributed by atoms with Gasteiger partial charge in [0, 0.05) is 6.20 Å². The number of sulfonamides is 1. The van der Waals surface area contributed by atoms with Crippen LogP contribution in [-0.4, -0.2) is 13.4 Å². The molecular formula is C11H10ClFN4O2S. The quantitative estimate of drug-likeness (QED) is 0.592. The number of pyridine rings is 1. The maximum atomic E-state index is 13.0. The molecule has 0 aliphatic heterocycles. The smallest absolute Gasteiger partial charge is 0.281 e. The highest BCUT2D eigenvalue weighted by Crippen LogP contribution is 2.23. The first-order valence-electron chi connectivity index (χ1n) is 5.33. The van der Waals surface area contributed by atoms with Crippen LogP contribution in [0.4, 0.5) is 15.8 Å². The van der Waals surface area contributed by atoms with E-state index in [9.17, 15) is 12.8 Å². The fourth-order valence-corrected chi connectivity index (χ4v) is 2.81. The number of rotatable bonds is 4. The van der Waals surface area contributed by atoms with E-state index in [1.54, 1.807) is 0 Å². The summed E-state index contributed by atoms with van der Waals surface area (Å²) in [6.45, 7) is 0. The Labute approximate surface area is 119 Å². The number of aromatic nitrogens is 1. The van der Waals surface area contributed by atoms with E-state index in [4.69, 9.17) is 17.4 Å². The molecule has 20 heavy (non-hydrogen) atoms. The Balaban J connectivity index is 2.38. The lowest BCUT2D eigenvalue weighted by atomic mass is 10.3. The van der Waals surface area contributed by atoms with Crippen molar-refractivity contribution in [1.82, 2.24) is 4.98 Å². The van der Waals surface area contributed by atoms with E-state index >= 15 is 0 Å². The molecule has 0 atom stereocenters. The fourth-order valence-electron chi connectivity index (χ4n) is 1.48. The summed E-state index contributed by atoms with van der Waals surface area (Å²) >= 11 is 5.59. The van der Waals surface area contributed by atoms with Gasteiger partial charge in [-0.05, 0) is 30.3 Å². The molecule has 1 aromatic carbocycles. The third kappa shape index (κ3) is 2.98. The van der Waals surface area contributed by atoms with Crippen LogP contribution in [0.15, 0.2) is 41.6 Å². The van der Waals surface area contributed by atoms with Crippen molar-refractivity contribution in [2.75, 3.05) is 10.1 Å². The average Bonchev–Trinajstić information content (AvgIpc) is 2.42. The fraction of sp³-hybridized carbons (Fsp3) is 0. The van der Waals surface area contributed by atoms with Gasteiger partial charge in [-0.2, -0.15) is 8.42 Å². The van der Waals surface area contributed by atoms with Crippen molar-refractivity contribution in [3.05, 3.63) is 47.4 Å². The molecule has 4 N–H and O–H groups in total. The van der Waals surface area contributed by atoms with Gasteiger partial charge in [0.1, 0.15) is 5.82 Å². The van der Waals surface area contributed by atoms with E-state index in [2.05, 4.69) is 15.1 Å². The summed E-state index contributed by atoms with van der Waals surface area (Å²) in [7, 11) is -3.97. The minimum Gasteiger partial charge on any atom is -0.321 e. The third-order valence-corrected chi connectivity index (χ3v) is 3.98. The molecule has 0 amide bonds. The van der Waals surface area contributed by atoms with Crippen molar-refractivity contribution in [3.63, 3.8) is 0 Å². The van der Waals surface area contributed by atoms with Gasteiger partial charge in [0.15, 0.2) is 0 Å². The van der Waals surface area contributed by atoms with Gasteiger partial charge in [-0.15, -0.1) is 0 Å². The second-order valence-corrected chi connectivity index (χ2v) is 5.74. The van der Waals surface area contributed by atoms with Gasteiger partial charge in [0.2, 0.25) is 5.03 Å². The van der Waals surface area contributed by atoms with Crippen molar-refractivity contribution in [2.45, 2.75) is 5.03 Å². The predicted octanol–water partition coefficient (Wildman–Crippen LogP) is 1.96. The van der Waals surface area contributed by atoms with Crippen LogP contribution in [0.25, 0.3) is 0 Å². The number of hydrazine groups is 1. The molecule has 2 aromatic rings. The van der Waals surface area contributed by atoms with Gasteiger partial charge >= 0.3 is 0 Å². The highest BCUT2D eigenvalue weighted by molar-refractivity contribution is 7.92. The Kier molecular flexibility index (Phi) is 4.07. The van der Waals surface area contributed by atoms with Gasteiger partial charge in [0.25, 0.3) is 10.0 Å². The van der Waals surface area contributed by atoms with Crippen LogP contribution < -0.4 is 16.0 Å². The first kappa shape index (κ1) is 14.5. The van der Waals surface area contributed by atoms with E-state index in [1.807, 2.05) is 0 Å². The molecule has 1 aromatic heterocycles. The van der Waals surface area contributed by atoms with Gasteiger partial charge < -0.3 is 5.43 Å². The zero-order chi connectivity index (χ0) is 14.8. The average molecular weight is 317 g/mol. The summed E-state index contributed by atoms with van der Waals surface area (Å²) in [6.07, 6.45) is 1.31. The Morgan fingerprint density at radius 1 is 1.30 bits per heavy atom. The van der Waals surface area contributed by atoms with Crippen LogP contribution >= 0.6 is 11.6 Å². The van der Waals surface area contributed by atoms with E-state index in [1.165, 1.54) is 24.4 Å². The van der Waals surface area contributed by atoms with Crippen LogP contribution in [0.2, 0.25) is 5.02 Å². The minimum atomic E-state index is -3.97. The van der Waals surface area contributed by atoms with Crippen LogP contribution in [0.3, 0.4) is 0 Å². The number of nitrogens with zero attached hydrogens (tertiary/aromatic N) is 1. The van der Waals surface area contributed by atoms with Gasteiger partial charge in [0.05, 0.1) is 16.4 Å². The SMILES string of the molecule is NNc1cccnc1S(=O)(=O)Nc1ccc(F)c(Cl)c1. The Bertz CT molecular complexity index is 739. The number of nitrogens with one attached hydrogen (secondary N) is 2. The van der Waals surface area contributed by atoms with E-state index in [-0.39, 0.29) is 21.4 Å². The van der Waals surface area contributed by atoms with Crippen molar-refractivity contribution in [2.24, 2.45) is 5.84 Å². The van der Waals surface area contributed by atoms with Crippen LogP contribution in [0, 0.1) is 5.82 Å². The van der Waals surface area contributed by atoms with Crippen LogP contribution in [0.5, 0.6) is 0 Å². The second-order valence-electron chi connectivity index (χ2n) is 3.73. The van der Waals surface area contributed by atoms with E-state index in [0.29, 0.717) is 0 Å². The van der Waals surface area contributed by atoms with Crippen molar-refractivity contribution >= 4 is 33.0 Å². The number of benzene rings is 1. The summed E-state index contributed by atoms with van der Waals surface area (Å²) in [5, 5.41) is -0.466. The van der Waals surface area contributed by atoms with Crippen LogP contribution in [-0.2, 0) is 10.0 Å². The number of anilines is 2. The molecule has 0 fully saturated rings. The summed E-state index contributed by atoms with van der Waals surface area (Å²) in [4.78, 5) is 3.76. The zero-order valence-corrected chi connectivity index (χ0v) is 11.5. The molecule has 9 heteroatoms. The lowest BCUT2D eigenvalue weighted by Crippen LogP contribution is -2.18. The molecule has 0 saturated carbocycles. The molecule has 0 saturated heterocycles. The molecular weight excluding hydrogens is 307 g/mol. The third-order valence-electron chi connectivity index (χ3n) is 2.35. The van der Waals surface area contributed by atoms with Gasteiger partial charge in [-0.1, -0.05) is 11.6 Å². The molecule has 0 aliphatic rings. The largest absolute Gasteiger partial charge is 0.321 e. The van der Waals surface area contributed by atoms with Crippen molar-refractivity contribution in [1.29, 1.82) is 0 Å². The number of nitrogen functional groups attached to an aromatic ring is 1. The van der Waals surface area contributed by atoms with Crippen molar-refractivity contribution < 1.29 is 12.8 Å². The molecule has 106 valence electrons. The number of nitrogens with two attached hydrogens (primary N) is 1. The van der Waals surface area contributed by atoms with Gasteiger partial charge in [-0.25, -0.2) is 9.37 Å². The van der Waals surface area contributed by atoms with E-state index in [0.717, 1.165) is 12.1 Å². The lowest BCUT2D eigenvalue weighted by molar-refractivity contribution is 0.597. The number of hydrogen-bond donors (Lipinski definition) is 3. The topological polar surface area (TPSA) is 97.1 Å². The molecule has 1 heterocycles. The maximum absolute atomic E-state index is 13.0. The molecule has 0 spiro atoms. The summed E-state index contributed by atoms with van der Waals surface area (Å²) in [5.41, 5.74) is 2.49. The Morgan fingerprint density at radius 2 is 2.05 bits per heavy atom. The lowest BCUT2D eigenvalue weighted by Gasteiger charge is -2.11. The molecule has 0 bridgehead atoms. The summed E-state index contributed by atoms with van der Waals surface area (Å²) < 4.78 is 39.6. The minimum absolute atomic E-state index is 0.116. The standard InChI is InChI=1S/C11H10ClFN4O2S/c12-8-6-7(3-4-9(8)13)17-20(18,19)11-10(16-14)2-1-5-15-11/h1-6,16-17H,14H2. The predicted molar refractivity (Wildman–Crippen MR) is 74.3 cm³/mol. The van der Waals surface area contributed by atoms with Crippen molar-refractivity contribution in [3.8, 4) is 0 Å². The number of halogens is 2. The Morgan fingerprint density at radius 3 is 2.70 bits per heavy atom. The highest BCUT2D eigenvalue weighted by Gasteiger charge is 2.20. The zero-order valence-electron chi connectivity index (χ0n) is 9.97. The monoisotopic (exact) mass is 316 g/mol. The van der Waals surface area contributed by atoms with E-state index < -0.39 is 15.8 Å². The maximum Gasteiger partial charge on any atom is 0.281 e. The second kappa shape index (κ2) is 5.61. The summed E-state index contributed by atoms with van der Waals surface area (Å²) in [6, 6.07) is 6.45. The number of hydrogen-bond acceptors (Lipinski definition) is 5. The molecule has 0 aliphatic carbocycles.